The van der Waals surface area contributed by atoms with E-state index in [-0.39, 0.29) is 0 Å². The number of rotatable bonds is 3. The molecule has 2 heteroatoms. The van der Waals surface area contributed by atoms with Crippen LogP contribution in [0.3, 0.4) is 0 Å². The average molecular weight is 250 g/mol. The lowest BCUT2D eigenvalue weighted by Gasteiger charge is -2.34. The van der Waals surface area contributed by atoms with Gasteiger partial charge in [-0.05, 0) is 43.4 Å². The van der Waals surface area contributed by atoms with E-state index in [1.807, 2.05) is 0 Å². The van der Waals surface area contributed by atoms with Crippen molar-refractivity contribution in [2.75, 3.05) is 19.6 Å². The van der Waals surface area contributed by atoms with E-state index in [2.05, 4.69) is 4.90 Å². The van der Waals surface area contributed by atoms with Crippen LogP contribution in [-0.2, 0) is 0 Å². The molecule has 18 heavy (non-hydrogen) atoms. The van der Waals surface area contributed by atoms with E-state index in [1.54, 1.807) is 0 Å². The van der Waals surface area contributed by atoms with Crippen LogP contribution < -0.4 is 5.73 Å². The summed E-state index contributed by atoms with van der Waals surface area (Å²) in [5.74, 6) is 2.94. The highest BCUT2D eigenvalue weighted by Gasteiger charge is 2.40. The van der Waals surface area contributed by atoms with Crippen molar-refractivity contribution < 1.29 is 0 Å². The van der Waals surface area contributed by atoms with Crippen molar-refractivity contribution >= 4 is 0 Å². The molecular weight excluding hydrogens is 220 g/mol. The van der Waals surface area contributed by atoms with Crippen molar-refractivity contribution in [1.29, 1.82) is 0 Å². The van der Waals surface area contributed by atoms with E-state index in [0.717, 1.165) is 24.3 Å². The largest absolute Gasteiger partial charge is 0.329 e. The van der Waals surface area contributed by atoms with Crippen molar-refractivity contribution in [2.24, 2.45) is 23.5 Å². The van der Waals surface area contributed by atoms with Crippen molar-refractivity contribution in [3.05, 3.63) is 0 Å². The fourth-order valence-corrected chi connectivity index (χ4v) is 4.88. The molecule has 3 aliphatic rings. The van der Waals surface area contributed by atoms with E-state index in [1.165, 1.54) is 70.9 Å². The van der Waals surface area contributed by atoms with Crippen molar-refractivity contribution in [1.82, 2.24) is 4.90 Å². The number of hydrogen-bond donors (Lipinski definition) is 1. The van der Waals surface area contributed by atoms with E-state index in [9.17, 15) is 0 Å². The molecule has 2 N–H and O–H groups in total. The van der Waals surface area contributed by atoms with Gasteiger partial charge in [0.2, 0.25) is 0 Å². The lowest BCUT2D eigenvalue weighted by molar-refractivity contribution is 0.155. The summed E-state index contributed by atoms with van der Waals surface area (Å²) in [6.07, 6.45) is 13.1. The number of fused-ring (bicyclic) bond motifs is 1. The van der Waals surface area contributed by atoms with Crippen LogP contribution in [0, 0.1) is 17.8 Å². The zero-order valence-corrected chi connectivity index (χ0v) is 11.8. The number of nitrogens with two attached hydrogens (primary N) is 1. The van der Waals surface area contributed by atoms with E-state index in [4.69, 9.17) is 5.73 Å². The molecule has 0 radical (unpaired) electrons. The highest BCUT2D eigenvalue weighted by Crippen LogP contribution is 2.40. The molecular formula is C16H30N2. The molecule has 0 aromatic heterocycles. The van der Waals surface area contributed by atoms with Gasteiger partial charge in [0, 0.05) is 25.7 Å². The van der Waals surface area contributed by atoms with Crippen LogP contribution in [0.2, 0.25) is 0 Å². The highest BCUT2D eigenvalue weighted by molar-refractivity contribution is 4.93. The van der Waals surface area contributed by atoms with E-state index < -0.39 is 0 Å². The lowest BCUT2D eigenvalue weighted by atomic mass is 9.90. The van der Waals surface area contributed by atoms with Gasteiger partial charge in [-0.15, -0.1) is 0 Å². The average Bonchev–Trinajstić information content (AvgIpc) is 2.84. The van der Waals surface area contributed by atoms with Crippen molar-refractivity contribution in [3.63, 3.8) is 0 Å². The van der Waals surface area contributed by atoms with Gasteiger partial charge in [-0.3, -0.25) is 4.90 Å². The summed E-state index contributed by atoms with van der Waals surface area (Å²) in [6.45, 7) is 3.62. The normalized spacial score (nSPS) is 36.5. The molecule has 104 valence electrons. The van der Waals surface area contributed by atoms with Crippen molar-refractivity contribution in [2.45, 2.75) is 63.8 Å². The Bertz CT molecular complexity index is 246. The molecule has 3 atom stereocenters. The van der Waals surface area contributed by atoms with Gasteiger partial charge in [0.25, 0.3) is 0 Å². The third kappa shape index (κ3) is 2.60. The number of hydrogen-bond acceptors (Lipinski definition) is 2. The fraction of sp³-hybridized carbons (Fsp3) is 1.00. The third-order valence-corrected chi connectivity index (χ3v) is 5.91. The quantitative estimate of drug-likeness (QED) is 0.780. The van der Waals surface area contributed by atoms with Gasteiger partial charge in [-0.25, -0.2) is 0 Å². The van der Waals surface area contributed by atoms with Gasteiger partial charge < -0.3 is 5.73 Å². The molecule has 2 saturated carbocycles. The minimum absolute atomic E-state index is 0.702. The molecule has 3 unspecified atom stereocenters. The topological polar surface area (TPSA) is 29.3 Å². The van der Waals surface area contributed by atoms with Crippen LogP contribution in [0.15, 0.2) is 0 Å². The van der Waals surface area contributed by atoms with Crippen LogP contribution >= 0.6 is 0 Å². The predicted octanol–water partition coefficient (Wildman–Crippen LogP) is 3.02. The molecule has 2 nitrogen and oxygen atoms in total. The predicted molar refractivity (Wildman–Crippen MR) is 76.4 cm³/mol. The Morgan fingerprint density at radius 3 is 2.00 bits per heavy atom. The summed E-state index contributed by atoms with van der Waals surface area (Å²) in [6, 6.07) is 0.702. The Morgan fingerprint density at radius 1 is 0.833 bits per heavy atom. The number of likely N-dealkylation sites (tertiary alicyclic amines) is 1. The first-order chi connectivity index (χ1) is 8.88. The highest BCUT2D eigenvalue weighted by atomic mass is 15.2. The van der Waals surface area contributed by atoms with Gasteiger partial charge >= 0.3 is 0 Å². The zero-order chi connectivity index (χ0) is 12.4. The molecule has 1 saturated heterocycles. The second kappa shape index (κ2) is 5.92. The molecule has 0 spiro atoms. The second-order valence-corrected chi connectivity index (χ2v) is 6.96. The SMILES string of the molecule is NCC(C1CCCCCC1)N1CC2CCCC2C1. The van der Waals surface area contributed by atoms with Crippen LogP contribution in [-0.4, -0.2) is 30.6 Å². The number of nitrogens with zero attached hydrogens (tertiary/aromatic N) is 1. The minimum atomic E-state index is 0.702. The third-order valence-electron chi connectivity index (χ3n) is 5.91. The Labute approximate surface area is 112 Å². The van der Waals surface area contributed by atoms with Gasteiger partial charge in [0.1, 0.15) is 0 Å². The van der Waals surface area contributed by atoms with E-state index in [0.29, 0.717) is 6.04 Å². The summed E-state index contributed by atoms with van der Waals surface area (Å²) < 4.78 is 0. The van der Waals surface area contributed by atoms with Crippen LogP contribution in [0.5, 0.6) is 0 Å². The fourth-order valence-electron chi connectivity index (χ4n) is 4.88. The Morgan fingerprint density at radius 2 is 1.44 bits per heavy atom. The maximum absolute atomic E-state index is 6.14. The van der Waals surface area contributed by atoms with E-state index >= 15 is 0 Å². The molecule has 0 amide bonds. The minimum Gasteiger partial charge on any atom is -0.329 e. The Kier molecular flexibility index (Phi) is 4.25. The first-order valence-corrected chi connectivity index (χ1v) is 8.32. The zero-order valence-electron chi connectivity index (χ0n) is 11.8. The molecule has 0 aromatic carbocycles. The Balaban J connectivity index is 1.61. The van der Waals surface area contributed by atoms with Gasteiger partial charge in [-0.1, -0.05) is 32.1 Å². The van der Waals surface area contributed by atoms with Crippen LogP contribution in [0.25, 0.3) is 0 Å². The maximum atomic E-state index is 6.14. The summed E-state index contributed by atoms with van der Waals surface area (Å²) in [4.78, 5) is 2.78. The summed E-state index contributed by atoms with van der Waals surface area (Å²) in [5, 5.41) is 0. The second-order valence-electron chi connectivity index (χ2n) is 6.96. The van der Waals surface area contributed by atoms with Crippen molar-refractivity contribution in [3.8, 4) is 0 Å². The summed E-state index contributed by atoms with van der Waals surface area (Å²) in [5.41, 5.74) is 6.14. The van der Waals surface area contributed by atoms with Gasteiger partial charge in [0.05, 0.1) is 0 Å². The maximum Gasteiger partial charge on any atom is 0.0246 e. The van der Waals surface area contributed by atoms with Gasteiger partial charge in [-0.2, -0.15) is 0 Å². The first kappa shape index (κ1) is 12.9. The van der Waals surface area contributed by atoms with Crippen LogP contribution in [0.1, 0.15) is 57.8 Å². The summed E-state index contributed by atoms with van der Waals surface area (Å²) in [7, 11) is 0. The van der Waals surface area contributed by atoms with Crippen LogP contribution in [0.4, 0.5) is 0 Å². The molecule has 1 heterocycles. The first-order valence-electron chi connectivity index (χ1n) is 8.32. The molecule has 3 rings (SSSR count). The molecule has 1 aliphatic heterocycles. The molecule has 2 aliphatic carbocycles. The molecule has 0 bridgehead atoms. The lowest BCUT2D eigenvalue weighted by Crippen LogP contribution is -2.44. The molecule has 0 aromatic rings. The summed E-state index contributed by atoms with van der Waals surface area (Å²) >= 11 is 0. The standard InChI is InChI=1S/C16H30N2/c17-10-16(13-6-3-1-2-4-7-13)18-11-14-8-5-9-15(14)12-18/h13-16H,1-12,17H2. The van der Waals surface area contributed by atoms with Gasteiger partial charge in [0.15, 0.2) is 0 Å². The Hall–Kier alpha value is -0.0800. The smallest absolute Gasteiger partial charge is 0.0246 e. The molecule has 3 fully saturated rings. The monoisotopic (exact) mass is 250 g/mol.